The minimum absolute atomic E-state index is 0.242. The summed E-state index contributed by atoms with van der Waals surface area (Å²) in [5.74, 6) is -0.918. The number of hydrogen-bond donors (Lipinski definition) is 2. The van der Waals surface area contributed by atoms with E-state index in [1.54, 1.807) is 6.07 Å². The molecule has 19 heavy (non-hydrogen) atoms. The third kappa shape index (κ3) is 2.08. The van der Waals surface area contributed by atoms with E-state index in [0.717, 1.165) is 17.4 Å². The van der Waals surface area contributed by atoms with E-state index in [1.165, 1.54) is 0 Å². The highest BCUT2D eigenvalue weighted by Gasteiger charge is 2.48. The molecule has 5 heteroatoms. The van der Waals surface area contributed by atoms with Crippen LogP contribution in [0.2, 0.25) is 0 Å². The summed E-state index contributed by atoms with van der Waals surface area (Å²) >= 11 is 0. The van der Waals surface area contributed by atoms with Gasteiger partial charge in [-0.25, -0.2) is 0 Å². The lowest BCUT2D eigenvalue weighted by molar-refractivity contribution is -0.242. The van der Waals surface area contributed by atoms with Gasteiger partial charge in [-0.1, -0.05) is 18.2 Å². The van der Waals surface area contributed by atoms with Crippen molar-refractivity contribution < 1.29 is 24.5 Å². The Bertz CT molecular complexity index is 501. The van der Waals surface area contributed by atoms with Gasteiger partial charge in [0, 0.05) is 18.4 Å². The smallest absolute Gasteiger partial charge is 0.175 e. The van der Waals surface area contributed by atoms with E-state index in [4.69, 9.17) is 14.6 Å². The summed E-state index contributed by atoms with van der Waals surface area (Å²) in [6.07, 6.45) is 0.197. The predicted octanol–water partition coefficient (Wildman–Crippen LogP) is 0.410. The molecular weight excluding hydrogens is 248 g/mol. The van der Waals surface area contributed by atoms with Crippen LogP contribution in [0.5, 0.6) is 0 Å². The molecule has 2 heterocycles. The van der Waals surface area contributed by atoms with Gasteiger partial charge in [0.05, 0.1) is 19.3 Å². The quantitative estimate of drug-likeness (QED) is 0.757. The maximum Gasteiger partial charge on any atom is 0.175 e. The van der Waals surface area contributed by atoms with Crippen LogP contribution in [0, 0.1) is 0 Å². The molecule has 1 saturated heterocycles. The number of hydrogen-bond acceptors (Lipinski definition) is 5. The van der Waals surface area contributed by atoms with Crippen molar-refractivity contribution in [2.75, 3.05) is 6.61 Å². The third-order valence-electron chi connectivity index (χ3n) is 3.87. The van der Waals surface area contributed by atoms with Crippen LogP contribution in [0.4, 0.5) is 0 Å². The zero-order chi connectivity index (χ0) is 13.5. The van der Waals surface area contributed by atoms with Crippen molar-refractivity contribution in [2.45, 2.75) is 37.4 Å². The maximum atomic E-state index is 11.1. The molecule has 0 aliphatic carbocycles. The van der Waals surface area contributed by atoms with Crippen LogP contribution in [0.25, 0.3) is 0 Å². The average molecular weight is 264 g/mol. The van der Waals surface area contributed by atoms with Crippen LogP contribution >= 0.6 is 0 Å². The highest BCUT2D eigenvalue weighted by molar-refractivity contribution is 5.78. The van der Waals surface area contributed by atoms with E-state index < -0.39 is 18.0 Å². The number of aldehydes is 1. The minimum atomic E-state index is -0.918. The lowest BCUT2D eigenvalue weighted by atomic mass is 9.91. The van der Waals surface area contributed by atoms with E-state index in [9.17, 15) is 9.90 Å². The molecule has 2 aliphatic heterocycles. The molecule has 0 bridgehead atoms. The molecule has 0 amide bonds. The molecule has 0 radical (unpaired) electrons. The molecule has 1 aromatic carbocycles. The molecule has 1 aromatic rings. The highest BCUT2D eigenvalue weighted by atomic mass is 16.7. The third-order valence-corrected chi connectivity index (χ3v) is 3.87. The summed E-state index contributed by atoms with van der Waals surface area (Å²) in [4.78, 5) is 11.1. The predicted molar refractivity (Wildman–Crippen MR) is 65.6 cm³/mol. The Morgan fingerprint density at radius 1 is 1.47 bits per heavy atom. The van der Waals surface area contributed by atoms with Crippen molar-refractivity contribution in [3.8, 4) is 0 Å². The molecule has 102 valence electrons. The average Bonchev–Trinajstić information content (AvgIpc) is 2.74. The summed E-state index contributed by atoms with van der Waals surface area (Å²) in [6.45, 7) is 0.107. The second-order valence-corrected chi connectivity index (χ2v) is 5.09. The van der Waals surface area contributed by atoms with Gasteiger partial charge in [0.15, 0.2) is 5.79 Å². The number of aliphatic hydroxyl groups is 2. The summed E-state index contributed by atoms with van der Waals surface area (Å²) in [5.41, 5.74) is 2.51. The van der Waals surface area contributed by atoms with Gasteiger partial charge in [0.1, 0.15) is 12.4 Å². The molecule has 2 N–H and O–H groups in total. The lowest BCUT2D eigenvalue weighted by Gasteiger charge is -2.35. The van der Waals surface area contributed by atoms with Gasteiger partial charge in [-0.2, -0.15) is 0 Å². The van der Waals surface area contributed by atoms with Gasteiger partial charge in [-0.05, 0) is 11.1 Å². The highest BCUT2D eigenvalue weighted by Crippen LogP contribution is 2.40. The first-order valence-corrected chi connectivity index (χ1v) is 6.34. The van der Waals surface area contributed by atoms with Crippen molar-refractivity contribution in [1.29, 1.82) is 0 Å². The van der Waals surface area contributed by atoms with Gasteiger partial charge in [-0.15, -0.1) is 0 Å². The fourth-order valence-electron chi connectivity index (χ4n) is 2.86. The van der Waals surface area contributed by atoms with Gasteiger partial charge in [-0.3, -0.25) is 4.79 Å². The Labute approximate surface area is 110 Å². The van der Waals surface area contributed by atoms with Crippen LogP contribution < -0.4 is 0 Å². The van der Waals surface area contributed by atoms with Crippen molar-refractivity contribution in [3.63, 3.8) is 0 Å². The lowest BCUT2D eigenvalue weighted by Crippen LogP contribution is -2.39. The first-order valence-electron chi connectivity index (χ1n) is 6.34. The van der Waals surface area contributed by atoms with Crippen LogP contribution in [-0.2, 0) is 22.5 Å². The molecule has 3 atom stereocenters. The number of benzene rings is 1. The molecule has 3 rings (SSSR count). The van der Waals surface area contributed by atoms with Crippen molar-refractivity contribution in [1.82, 2.24) is 0 Å². The van der Waals surface area contributed by atoms with Gasteiger partial charge < -0.3 is 19.7 Å². The molecule has 1 unspecified atom stereocenters. The summed E-state index contributed by atoms with van der Waals surface area (Å²) in [6, 6.07) is 5.51. The SMILES string of the molecule is O=Cc1cccc2c1C[C@]1(C[C@H](O)C(CO)O1)OC2. The summed E-state index contributed by atoms with van der Waals surface area (Å²) < 4.78 is 11.4. The Balaban J connectivity index is 1.92. The van der Waals surface area contributed by atoms with Crippen molar-refractivity contribution in [2.24, 2.45) is 0 Å². The first kappa shape index (κ1) is 12.7. The zero-order valence-electron chi connectivity index (χ0n) is 10.4. The Kier molecular flexibility index (Phi) is 3.14. The Hall–Kier alpha value is -1.27. The number of carbonyl (C=O) groups is 1. The normalized spacial score (nSPS) is 33.4. The standard InChI is InChI=1S/C14H16O5/c15-6-9-2-1-3-10-8-18-14(4-11(9)10)5-12(17)13(7-16)19-14/h1-3,6,12-13,16-17H,4-5,7-8H2/t12-,13?,14-/m0/s1. The largest absolute Gasteiger partial charge is 0.394 e. The van der Waals surface area contributed by atoms with E-state index in [0.29, 0.717) is 25.0 Å². The monoisotopic (exact) mass is 264 g/mol. The van der Waals surface area contributed by atoms with E-state index in [2.05, 4.69) is 0 Å². The fourth-order valence-corrected chi connectivity index (χ4v) is 2.86. The zero-order valence-corrected chi connectivity index (χ0v) is 10.4. The van der Waals surface area contributed by atoms with Crippen molar-refractivity contribution in [3.05, 3.63) is 34.9 Å². The van der Waals surface area contributed by atoms with E-state index in [1.807, 2.05) is 12.1 Å². The second-order valence-electron chi connectivity index (χ2n) is 5.09. The maximum absolute atomic E-state index is 11.1. The molecular formula is C14H16O5. The van der Waals surface area contributed by atoms with Gasteiger partial charge in [0.25, 0.3) is 0 Å². The topological polar surface area (TPSA) is 76.0 Å². The van der Waals surface area contributed by atoms with Crippen LogP contribution in [0.15, 0.2) is 18.2 Å². The fraction of sp³-hybridized carbons (Fsp3) is 0.500. The number of fused-ring (bicyclic) bond motifs is 1. The van der Waals surface area contributed by atoms with E-state index >= 15 is 0 Å². The Morgan fingerprint density at radius 2 is 2.32 bits per heavy atom. The molecule has 2 aliphatic rings. The molecule has 1 spiro atoms. The van der Waals surface area contributed by atoms with Crippen LogP contribution in [0.3, 0.4) is 0 Å². The molecule has 1 fully saturated rings. The number of ether oxygens (including phenoxy) is 2. The van der Waals surface area contributed by atoms with Crippen LogP contribution in [-0.4, -0.2) is 41.1 Å². The molecule has 5 nitrogen and oxygen atoms in total. The molecule has 0 aromatic heterocycles. The number of aliphatic hydroxyl groups excluding tert-OH is 2. The minimum Gasteiger partial charge on any atom is -0.394 e. The number of rotatable bonds is 2. The first-order chi connectivity index (χ1) is 9.17. The van der Waals surface area contributed by atoms with Crippen molar-refractivity contribution >= 4 is 6.29 Å². The van der Waals surface area contributed by atoms with Crippen LogP contribution in [0.1, 0.15) is 27.9 Å². The van der Waals surface area contributed by atoms with Gasteiger partial charge >= 0.3 is 0 Å². The number of carbonyl (C=O) groups excluding carboxylic acids is 1. The summed E-state index contributed by atoms with van der Waals surface area (Å²) in [5, 5.41) is 19.0. The van der Waals surface area contributed by atoms with E-state index in [-0.39, 0.29) is 6.61 Å². The second kappa shape index (κ2) is 4.68. The Morgan fingerprint density at radius 3 is 3.00 bits per heavy atom. The van der Waals surface area contributed by atoms with Gasteiger partial charge in [0.2, 0.25) is 0 Å². The molecule has 0 saturated carbocycles. The summed E-state index contributed by atoms with van der Waals surface area (Å²) in [7, 11) is 0.